The van der Waals surface area contributed by atoms with Crippen molar-refractivity contribution in [2.24, 2.45) is 0 Å². The Morgan fingerprint density at radius 2 is 2.00 bits per heavy atom. The van der Waals surface area contributed by atoms with Gasteiger partial charge >= 0.3 is 11.9 Å². The minimum absolute atomic E-state index is 0.146. The van der Waals surface area contributed by atoms with Gasteiger partial charge in [0.2, 0.25) is 0 Å². The Morgan fingerprint density at radius 3 is 2.43 bits per heavy atom. The summed E-state index contributed by atoms with van der Waals surface area (Å²) in [7, 11) is 1.16. The monoisotopic (exact) mass is 203 g/mol. The molecule has 0 radical (unpaired) electrons. The summed E-state index contributed by atoms with van der Waals surface area (Å²) in [5.41, 5.74) is 0. The zero-order valence-corrected chi connectivity index (χ0v) is 8.65. The van der Waals surface area contributed by atoms with Crippen molar-refractivity contribution in [1.29, 1.82) is 0 Å². The topological polar surface area (TPSA) is 66.8 Å². The molecule has 0 aliphatic heterocycles. The van der Waals surface area contributed by atoms with Crippen LogP contribution in [0.5, 0.6) is 0 Å². The standard InChI is InChI=1S/C9H17NO4/c1-3-4-5-10(6-7-11)8(12)9(13)14-2/h11H,3-7H2,1-2H3. The number of aliphatic hydroxyl groups excluding tert-OH is 1. The highest BCUT2D eigenvalue weighted by atomic mass is 16.5. The molecule has 0 aromatic carbocycles. The van der Waals surface area contributed by atoms with E-state index in [-0.39, 0.29) is 13.2 Å². The summed E-state index contributed by atoms with van der Waals surface area (Å²) in [6.45, 7) is 2.49. The summed E-state index contributed by atoms with van der Waals surface area (Å²) in [4.78, 5) is 23.5. The molecule has 0 spiro atoms. The molecule has 0 saturated heterocycles. The Morgan fingerprint density at radius 1 is 1.36 bits per heavy atom. The lowest BCUT2D eigenvalue weighted by molar-refractivity contribution is -0.158. The number of rotatable bonds is 5. The van der Waals surface area contributed by atoms with Crippen molar-refractivity contribution < 1.29 is 19.4 Å². The second-order valence-corrected chi connectivity index (χ2v) is 2.86. The molecule has 82 valence electrons. The van der Waals surface area contributed by atoms with Gasteiger partial charge in [0.05, 0.1) is 13.7 Å². The summed E-state index contributed by atoms with van der Waals surface area (Å²) in [5, 5.41) is 8.69. The molecule has 0 heterocycles. The van der Waals surface area contributed by atoms with Crippen LogP contribution < -0.4 is 0 Å². The van der Waals surface area contributed by atoms with Crippen molar-refractivity contribution in [3.8, 4) is 0 Å². The molecule has 1 amide bonds. The molecule has 1 N–H and O–H groups in total. The van der Waals surface area contributed by atoms with Crippen LogP contribution in [-0.4, -0.2) is 48.7 Å². The first kappa shape index (κ1) is 12.9. The van der Waals surface area contributed by atoms with E-state index in [0.29, 0.717) is 6.54 Å². The van der Waals surface area contributed by atoms with Gasteiger partial charge < -0.3 is 14.7 Å². The van der Waals surface area contributed by atoms with E-state index in [2.05, 4.69) is 4.74 Å². The maximum absolute atomic E-state index is 11.3. The first-order valence-electron chi connectivity index (χ1n) is 4.65. The number of nitrogens with zero attached hydrogens (tertiary/aromatic N) is 1. The van der Waals surface area contributed by atoms with E-state index in [0.717, 1.165) is 20.0 Å². The Bertz CT molecular complexity index is 193. The minimum Gasteiger partial charge on any atom is -0.462 e. The third-order valence-corrected chi connectivity index (χ3v) is 1.80. The lowest BCUT2D eigenvalue weighted by atomic mass is 10.3. The normalized spacial score (nSPS) is 9.64. The molecule has 0 atom stereocenters. The number of amides is 1. The minimum atomic E-state index is -0.880. The van der Waals surface area contributed by atoms with Crippen molar-refractivity contribution >= 4 is 11.9 Å². The summed E-state index contributed by atoms with van der Waals surface area (Å²) in [5.74, 6) is -1.57. The van der Waals surface area contributed by atoms with Crippen LogP contribution in [-0.2, 0) is 14.3 Å². The van der Waals surface area contributed by atoms with Crippen LogP contribution in [0.15, 0.2) is 0 Å². The summed E-state index contributed by atoms with van der Waals surface area (Å²) in [6, 6.07) is 0. The van der Waals surface area contributed by atoms with Gasteiger partial charge in [0.15, 0.2) is 0 Å². The maximum Gasteiger partial charge on any atom is 0.396 e. The first-order valence-corrected chi connectivity index (χ1v) is 4.65. The van der Waals surface area contributed by atoms with Gasteiger partial charge in [-0.1, -0.05) is 13.3 Å². The van der Waals surface area contributed by atoms with Crippen molar-refractivity contribution in [3.05, 3.63) is 0 Å². The van der Waals surface area contributed by atoms with Crippen LogP contribution in [0.4, 0.5) is 0 Å². The van der Waals surface area contributed by atoms with Crippen LogP contribution in [0.25, 0.3) is 0 Å². The average Bonchev–Trinajstić information content (AvgIpc) is 2.22. The van der Waals surface area contributed by atoms with Gasteiger partial charge in [-0.15, -0.1) is 0 Å². The molecule has 0 aromatic heterocycles. The quantitative estimate of drug-likeness (QED) is 0.495. The van der Waals surface area contributed by atoms with Crippen molar-refractivity contribution in [2.75, 3.05) is 26.8 Å². The van der Waals surface area contributed by atoms with Crippen molar-refractivity contribution in [2.45, 2.75) is 19.8 Å². The highest BCUT2D eigenvalue weighted by Gasteiger charge is 2.21. The Hall–Kier alpha value is -1.10. The number of hydrogen-bond acceptors (Lipinski definition) is 4. The molecule has 0 aromatic rings. The predicted octanol–water partition coefficient (Wildman–Crippen LogP) is -0.220. The van der Waals surface area contributed by atoms with E-state index in [9.17, 15) is 9.59 Å². The fourth-order valence-electron chi connectivity index (χ4n) is 1.00. The van der Waals surface area contributed by atoms with E-state index < -0.39 is 11.9 Å². The smallest absolute Gasteiger partial charge is 0.396 e. The van der Waals surface area contributed by atoms with Crippen molar-refractivity contribution in [3.63, 3.8) is 0 Å². The number of carbonyl (C=O) groups is 2. The SMILES string of the molecule is CCCCN(CCO)C(=O)C(=O)OC. The molecule has 14 heavy (non-hydrogen) atoms. The van der Waals surface area contributed by atoms with Crippen LogP contribution >= 0.6 is 0 Å². The number of aliphatic hydroxyl groups is 1. The van der Waals surface area contributed by atoms with Crippen LogP contribution in [0, 0.1) is 0 Å². The van der Waals surface area contributed by atoms with Gasteiger partial charge in [0.1, 0.15) is 0 Å². The molecule has 0 unspecified atom stereocenters. The Kier molecular flexibility index (Phi) is 6.74. The largest absolute Gasteiger partial charge is 0.462 e. The number of carbonyl (C=O) groups excluding carboxylic acids is 2. The molecular weight excluding hydrogens is 186 g/mol. The second kappa shape index (κ2) is 7.32. The van der Waals surface area contributed by atoms with E-state index in [1.54, 1.807) is 0 Å². The Labute approximate surface area is 83.6 Å². The van der Waals surface area contributed by atoms with Gasteiger partial charge in [-0.3, -0.25) is 4.79 Å². The number of ether oxygens (including phenoxy) is 1. The molecule has 0 aliphatic rings. The van der Waals surface area contributed by atoms with E-state index in [1.807, 2.05) is 6.92 Å². The molecule has 0 bridgehead atoms. The fraction of sp³-hybridized carbons (Fsp3) is 0.778. The lowest BCUT2D eigenvalue weighted by Gasteiger charge is -2.19. The van der Waals surface area contributed by atoms with Gasteiger partial charge in [-0.2, -0.15) is 0 Å². The number of hydrogen-bond donors (Lipinski definition) is 1. The molecule has 5 nitrogen and oxygen atoms in total. The van der Waals surface area contributed by atoms with Crippen LogP contribution in [0.3, 0.4) is 0 Å². The molecule has 0 rings (SSSR count). The predicted molar refractivity (Wildman–Crippen MR) is 50.6 cm³/mol. The zero-order chi connectivity index (χ0) is 11.0. The van der Waals surface area contributed by atoms with Gasteiger partial charge in [0, 0.05) is 13.1 Å². The highest BCUT2D eigenvalue weighted by Crippen LogP contribution is 1.96. The van der Waals surface area contributed by atoms with Gasteiger partial charge in [0.25, 0.3) is 0 Å². The molecule has 0 fully saturated rings. The summed E-state index contributed by atoms with van der Waals surface area (Å²) >= 11 is 0. The lowest BCUT2D eigenvalue weighted by Crippen LogP contribution is -2.39. The second-order valence-electron chi connectivity index (χ2n) is 2.86. The zero-order valence-electron chi connectivity index (χ0n) is 8.65. The molecule has 0 saturated carbocycles. The van der Waals surface area contributed by atoms with Crippen LogP contribution in [0.1, 0.15) is 19.8 Å². The molecule has 5 heteroatoms. The third-order valence-electron chi connectivity index (χ3n) is 1.80. The maximum atomic E-state index is 11.3. The molecular formula is C9H17NO4. The van der Waals surface area contributed by atoms with Gasteiger partial charge in [-0.05, 0) is 6.42 Å². The first-order chi connectivity index (χ1) is 6.67. The Balaban J connectivity index is 4.17. The number of unbranched alkanes of at least 4 members (excludes halogenated alkanes) is 1. The third kappa shape index (κ3) is 4.23. The average molecular weight is 203 g/mol. The highest BCUT2D eigenvalue weighted by molar-refractivity contribution is 6.32. The molecule has 0 aliphatic carbocycles. The van der Waals surface area contributed by atoms with Gasteiger partial charge in [-0.25, -0.2) is 4.79 Å². The number of methoxy groups -OCH3 is 1. The van der Waals surface area contributed by atoms with Crippen molar-refractivity contribution in [1.82, 2.24) is 4.90 Å². The fourth-order valence-corrected chi connectivity index (χ4v) is 1.00. The van der Waals surface area contributed by atoms with E-state index in [1.165, 1.54) is 4.90 Å². The van der Waals surface area contributed by atoms with E-state index >= 15 is 0 Å². The summed E-state index contributed by atoms with van der Waals surface area (Å²) in [6.07, 6.45) is 1.74. The number of esters is 1. The van der Waals surface area contributed by atoms with Crippen LogP contribution in [0.2, 0.25) is 0 Å². The van der Waals surface area contributed by atoms with E-state index in [4.69, 9.17) is 5.11 Å². The summed E-state index contributed by atoms with van der Waals surface area (Å²) < 4.78 is 4.31.